The van der Waals surface area contributed by atoms with Gasteiger partial charge in [0.15, 0.2) is 17.4 Å². The number of ether oxygens (including phenoxy) is 2. The van der Waals surface area contributed by atoms with E-state index >= 15 is 0 Å². The van der Waals surface area contributed by atoms with Gasteiger partial charge in [-0.15, -0.1) is 0 Å². The molecule has 0 aromatic carbocycles. The van der Waals surface area contributed by atoms with Crippen molar-refractivity contribution in [2.75, 3.05) is 19.0 Å². The van der Waals surface area contributed by atoms with Crippen LogP contribution in [0.4, 0.5) is 5.95 Å². The molecule has 0 bridgehead atoms. The van der Waals surface area contributed by atoms with Crippen molar-refractivity contribution in [3.63, 3.8) is 0 Å². The number of aromatic nitrogens is 4. The fourth-order valence-electron chi connectivity index (χ4n) is 2.80. The number of nitrogens with zero attached hydrogens (tertiary/aromatic N) is 3. The Kier molecular flexibility index (Phi) is 4.91. The molecule has 2 aromatic rings. The van der Waals surface area contributed by atoms with Gasteiger partial charge in [-0.2, -0.15) is 4.98 Å². The zero-order valence-electron chi connectivity index (χ0n) is 14.9. The lowest BCUT2D eigenvalue weighted by Gasteiger charge is -2.33. The van der Waals surface area contributed by atoms with E-state index in [9.17, 15) is 24.5 Å². The number of nitrogens with one attached hydrogen (secondary N) is 1. The number of fused-ring (bicyclic) bond motifs is 1. The first-order valence-corrected chi connectivity index (χ1v) is 10.2. The Hall–Kier alpha value is -1.82. The fourth-order valence-corrected chi connectivity index (χ4v) is 3.12. The summed E-state index contributed by atoms with van der Waals surface area (Å²) in [6.07, 6.45) is -3.28. The minimum atomic E-state index is -3.68. The lowest BCUT2D eigenvalue weighted by Crippen LogP contribution is -2.42. The van der Waals surface area contributed by atoms with Crippen LogP contribution in [0.15, 0.2) is 11.1 Å². The molecular formula is C14H22N5O7P. The van der Waals surface area contributed by atoms with Crippen molar-refractivity contribution >= 4 is 24.5 Å². The molecule has 2 unspecified atom stereocenters. The molecule has 6 N–H and O–H groups in total. The van der Waals surface area contributed by atoms with Crippen LogP contribution in [0.3, 0.4) is 0 Å². The molecule has 150 valence electrons. The Bertz CT molecular complexity index is 951. The van der Waals surface area contributed by atoms with Crippen molar-refractivity contribution in [2.24, 2.45) is 0 Å². The first-order valence-electron chi connectivity index (χ1n) is 8.11. The molecule has 0 amide bonds. The Balaban J connectivity index is 1.98. The predicted octanol–water partition coefficient (Wildman–Crippen LogP) is -1.03. The van der Waals surface area contributed by atoms with Crippen molar-refractivity contribution in [3.05, 3.63) is 16.7 Å². The van der Waals surface area contributed by atoms with Gasteiger partial charge in [0, 0.05) is 6.66 Å². The third-order valence-electron chi connectivity index (χ3n) is 4.64. The number of anilines is 1. The topological polar surface area (TPSA) is 186 Å². The van der Waals surface area contributed by atoms with Crippen molar-refractivity contribution in [3.8, 4) is 0 Å². The van der Waals surface area contributed by atoms with Gasteiger partial charge in [0.1, 0.15) is 23.7 Å². The first kappa shape index (κ1) is 19.9. The highest BCUT2D eigenvalue weighted by Gasteiger charge is 2.50. The van der Waals surface area contributed by atoms with E-state index in [1.807, 2.05) is 0 Å². The lowest BCUT2D eigenvalue weighted by molar-refractivity contribution is -0.0975. The molecule has 0 spiro atoms. The summed E-state index contributed by atoms with van der Waals surface area (Å²) in [5, 5.41) is 18.8. The lowest BCUT2D eigenvalue weighted by atomic mass is 10.1. The van der Waals surface area contributed by atoms with Gasteiger partial charge in [-0.3, -0.25) is 18.9 Å². The van der Waals surface area contributed by atoms with Crippen molar-refractivity contribution in [1.29, 1.82) is 0 Å². The van der Waals surface area contributed by atoms with Gasteiger partial charge in [0.25, 0.3) is 5.56 Å². The van der Waals surface area contributed by atoms with Gasteiger partial charge in [0.05, 0.1) is 12.9 Å². The van der Waals surface area contributed by atoms with Crippen LogP contribution in [0.2, 0.25) is 0 Å². The average molecular weight is 403 g/mol. The first-order chi connectivity index (χ1) is 12.5. The summed E-state index contributed by atoms with van der Waals surface area (Å²) in [6.45, 7) is 3.47. The van der Waals surface area contributed by atoms with Crippen LogP contribution < -0.4 is 11.3 Å². The minimum absolute atomic E-state index is 0.00124. The number of nitrogens with two attached hydrogens (primary N) is 1. The number of rotatable bonds is 5. The smallest absolute Gasteiger partial charge is 0.280 e. The predicted molar refractivity (Wildman–Crippen MR) is 94.3 cm³/mol. The average Bonchev–Trinajstić information content (AvgIpc) is 3.08. The van der Waals surface area contributed by atoms with Crippen LogP contribution in [0, 0.1) is 0 Å². The van der Waals surface area contributed by atoms with E-state index in [0.717, 1.165) is 6.66 Å². The van der Waals surface area contributed by atoms with Crippen molar-refractivity contribution < 1.29 is 29.1 Å². The molecule has 1 fully saturated rings. The fraction of sp³-hybridized carbons (Fsp3) is 0.643. The Morgan fingerprint density at radius 1 is 1.52 bits per heavy atom. The minimum Gasteiger partial charge on any atom is -0.394 e. The highest BCUT2D eigenvalue weighted by Crippen LogP contribution is 2.53. The van der Waals surface area contributed by atoms with E-state index < -0.39 is 49.4 Å². The molecule has 5 atom stereocenters. The molecule has 12 nitrogen and oxygen atoms in total. The number of H-pyrrole nitrogens is 1. The Labute approximate surface area is 153 Å². The van der Waals surface area contributed by atoms with Gasteiger partial charge in [0.2, 0.25) is 13.3 Å². The van der Waals surface area contributed by atoms with Gasteiger partial charge < -0.3 is 30.3 Å². The number of imidazole rings is 1. The number of nitrogen functional groups attached to an aromatic ring is 1. The largest absolute Gasteiger partial charge is 0.394 e. The highest BCUT2D eigenvalue weighted by atomic mass is 31.2. The summed E-state index contributed by atoms with van der Waals surface area (Å²) in [6, 6.07) is 0. The van der Waals surface area contributed by atoms with Crippen LogP contribution in [0.25, 0.3) is 11.2 Å². The van der Waals surface area contributed by atoms with Gasteiger partial charge in [-0.25, -0.2) is 4.98 Å². The number of aliphatic hydroxyl groups excluding tert-OH is 2. The van der Waals surface area contributed by atoms with E-state index in [0.29, 0.717) is 0 Å². The molecule has 0 radical (unpaired) electrons. The molecule has 3 rings (SSSR count). The third kappa shape index (κ3) is 3.40. The summed E-state index contributed by atoms with van der Waals surface area (Å²) >= 11 is 0. The summed E-state index contributed by atoms with van der Waals surface area (Å²) in [7, 11) is -3.68. The molecular weight excluding hydrogens is 381 g/mol. The maximum atomic E-state index is 12.1. The second kappa shape index (κ2) is 6.66. The van der Waals surface area contributed by atoms with Gasteiger partial charge >= 0.3 is 0 Å². The quantitative estimate of drug-likeness (QED) is 0.387. The van der Waals surface area contributed by atoms with Crippen LogP contribution >= 0.6 is 7.37 Å². The van der Waals surface area contributed by atoms with Crippen LogP contribution in [0.1, 0.15) is 20.1 Å². The second-order valence-corrected chi connectivity index (χ2v) is 9.76. The summed E-state index contributed by atoms with van der Waals surface area (Å²) < 4.78 is 24.7. The normalized spacial score (nSPS) is 28.5. The second-order valence-electron chi connectivity index (χ2n) is 6.92. The molecule has 1 saturated heterocycles. The van der Waals surface area contributed by atoms with E-state index in [2.05, 4.69) is 15.0 Å². The molecule has 1 aliphatic heterocycles. The Morgan fingerprint density at radius 2 is 2.19 bits per heavy atom. The summed E-state index contributed by atoms with van der Waals surface area (Å²) in [4.78, 5) is 32.1. The summed E-state index contributed by atoms with van der Waals surface area (Å²) in [5.74, 6) is -0.137. The molecule has 0 aliphatic carbocycles. The molecule has 0 saturated carbocycles. The SMILES string of the molecule is CC(C)(O[C@@H]1C(O)[C@H](n2cnc3c(=O)[nH]c(N)nc32)O[C@@H]1CO)P(C)(=O)O. The van der Waals surface area contributed by atoms with E-state index in [-0.39, 0.29) is 17.1 Å². The zero-order valence-corrected chi connectivity index (χ0v) is 15.8. The number of aromatic amines is 1. The number of hydrogen-bond acceptors (Lipinski definition) is 9. The monoisotopic (exact) mass is 403 g/mol. The van der Waals surface area contributed by atoms with Crippen molar-refractivity contribution in [2.45, 2.75) is 43.7 Å². The molecule has 27 heavy (non-hydrogen) atoms. The maximum Gasteiger partial charge on any atom is 0.280 e. The maximum absolute atomic E-state index is 12.1. The van der Waals surface area contributed by atoms with Crippen LogP contribution in [-0.4, -0.2) is 71.6 Å². The molecule has 13 heteroatoms. The molecule has 3 heterocycles. The van der Waals surface area contributed by atoms with Crippen molar-refractivity contribution in [1.82, 2.24) is 19.5 Å². The van der Waals surface area contributed by atoms with E-state index in [1.165, 1.54) is 24.7 Å². The summed E-state index contributed by atoms with van der Waals surface area (Å²) in [5.41, 5.74) is 5.09. The third-order valence-corrected chi connectivity index (χ3v) is 6.74. The van der Waals surface area contributed by atoms with Gasteiger partial charge in [-0.05, 0) is 13.8 Å². The number of aliphatic hydroxyl groups is 2. The standard InChI is InChI=1S/C14H22N5O7P/c1-14(2,27(3,23)24)26-9-6(4-20)25-12(8(9)21)19-5-16-7-10(19)17-13(15)18-11(7)22/h5-6,8-9,12,20-21H,4H2,1-3H3,(H,23,24)(H3,15,17,18,22)/t6-,8?,9+,12-/m1/s1. The Morgan fingerprint density at radius 3 is 2.78 bits per heavy atom. The van der Waals surface area contributed by atoms with Crippen LogP contribution in [-0.2, 0) is 14.0 Å². The molecule has 2 aromatic heterocycles. The zero-order chi connectivity index (χ0) is 20.1. The van der Waals surface area contributed by atoms with Gasteiger partial charge in [-0.1, -0.05) is 0 Å². The van der Waals surface area contributed by atoms with E-state index in [4.69, 9.17) is 15.2 Å². The molecule has 1 aliphatic rings. The van der Waals surface area contributed by atoms with Crippen LogP contribution in [0.5, 0.6) is 0 Å². The van der Waals surface area contributed by atoms with E-state index in [1.54, 1.807) is 0 Å². The highest BCUT2D eigenvalue weighted by molar-refractivity contribution is 7.58. The number of hydrogen-bond donors (Lipinski definition) is 5.